The number of unbranched alkanes of at least 4 members (excludes halogenated alkanes) is 1. The Labute approximate surface area is 94.3 Å². The van der Waals surface area contributed by atoms with Crippen LogP contribution in [0.2, 0.25) is 0 Å². The molecule has 0 spiro atoms. The summed E-state index contributed by atoms with van der Waals surface area (Å²) in [5, 5.41) is 28.3. The van der Waals surface area contributed by atoms with Crippen molar-refractivity contribution < 1.29 is 15.3 Å². The molecule has 5 nitrogen and oxygen atoms in total. The Morgan fingerprint density at radius 1 is 1.06 bits per heavy atom. The van der Waals surface area contributed by atoms with Gasteiger partial charge in [-0.3, -0.25) is 0 Å². The van der Waals surface area contributed by atoms with Crippen LogP contribution in [0.3, 0.4) is 0 Å². The fourth-order valence-corrected chi connectivity index (χ4v) is 1.64. The lowest BCUT2D eigenvalue weighted by molar-refractivity contribution is 0.407. The Morgan fingerprint density at radius 2 is 1.62 bits per heavy atom. The minimum atomic E-state index is -0.452. The predicted octanol–water partition coefficient (Wildman–Crippen LogP) is 0.932. The van der Waals surface area contributed by atoms with Crippen LogP contribution in [0.1, 0.15) is 30.9 Å². The summed E-state index contributed by atoms with van der Waals surface area (Å²) in [6.07, 6.45) is 2.31. The van der Waals surface area contributed by atoms with Crippen molar-refractivity contribution in [1.82, 2.24) is 0 Å². The van der Waals surface area contributed by atoms with E-state index in [4.69, 9.17) is 16.6 Å². The molecule has 0 aliphatic heterocycles. The molecule has 0 heterocycles. The van der Waals surface area contributed by atoms with Gasteiger partial charge in [-0.1, -0.05) is 6.42 Å². The van der Waals surface area contributed by atoms with Gasteiger partial charge in [-0.2, -0.15) is 0 Å². The Bertz CT molecular complexity index is 332. The fraction of sp³-hybridized carbons (Fsp3) is 0.455. The molecule has 1 rings (SSSR count). The second-order valence-electron chi connectivity index (χ2n) is 3.79. The zero-order valence-corrected chi connectivity index (χ0v) is 9.06. The van der Waals surface area contributed by atoms with Gasteiger partial charge >= 0.3 is 0 Å². The molecule has 0 amide bonds. The fourth-order valence-electron chi connectivity index (χ4n) is 1.64. The summed E-state index contributed by atoms with van der Waals surface area (Å²) in [6, 6.07) is 1.88. The number of phenols is 3. The van der Waals surface area contributed by atoms with Crippen LogP contribution in [0.5, 0.6) is 17.2 Å². The van der Waals surface area contributed by atoms with E-state index in [1.54, 1.807) is 0 Å². The third-order valence-corrected chi connectivity index (χ3v) is 2.46. The summed E-state index contributed by atoms with van der Waals surface area (Å²) in [6.45, 7) is 0.597. The Hall–Kier alpha value is -1.46. The lowest BCUT2D eigenvalue weighted by Crippen LogP contribution is -2.11. The van der Waals surface area contributed by atoms with E-state index in [0.717, 1.165) is 25.0 Å². The largest absolute Gasteiger partial charge is 0.508 e. The van der Waals surface area contributed by atoms with E-state index in [1.807, 2.05) is 0 Å². The van der Waals surface area contributed by atoms with Crippen LogP contribution in [-0.2, 0) is 0 Å². The molecule has 0 radical (unpaired) electrons. The van der Waals surface area contributed by atoms with Gasteiger partial charge in [-0.15, -0.1) is 0 Å². The Kier molecular flexibility index (Phi) is 4.39. The number of nitrogens with two attached hydrogens (primary N) is 2. The Morgan fingerprint density at radius 3 is 2.12 bits per heavy atom. The Balaban J connectivity index is 2.78. The number of hydrogen-bond donors (Lipinski definition) is 5. The SMILES string of the molecule is NCCCC[C@@H](N)c1c(O)cc(O)cc1O. The molecule has 0 bridgehead atoms. The first-order chi connectivity index (χ1) is 7.56. The van der Waals surface area contributed by atoms with Gasteiger partial charge in [0.05, 0.1) is 5.56 Å². The maximum absolute atomic E-state index is 9.57. The van der Waals surface area contributed by atoms with E-state index >= 15 is 0 Å². The topological polar surface area (TPSA) is 113 Å². The average molecular weight is 226 g/mol. The smallest absolute Gasteiger partial charge is 0.127 e. The highest BCUT2D eigenvalue weighted by atomic mass is 16.3. The van der Waals surface area contributed by atoms with Gasteiger partial charge < -0.3 is 26.8 Å². The highest BCUT2D eigenvalue weighted by molar-refractivity contribution is 5.50. The summed E-state index contributed by atoms with van der Waals surface area (Å²) in [5.41, 5.74) is 11.5. The third kappa shape index (κ3) is 3.01. The van der Waals surface area contributed by atoms with Crippen LogP contribution < -0.4 is 11.5 Å². The number of hydrogen-bond acceptors (Lipinski definition) is 5. The highest BCUT2D eigenvalue weighted by Gasteiger charge is 2.16. The molecule has 90 valence electrons. The first-order valence-electron chi connectivity index (χ1n) is 5.26. The number of rotatable bonds is 5. The minimum Gasteiger partial charge on any atom is -0.508 e. The van der Waals surface area contributed by atoms with Gasteiger partial charge in [0, 0.05) is 18.2 Å². The van der Waals surface area contributed by atoms with Crippen molar-refractivity contribution in [2.45, 2.75) is 25.3 Å². The molecular weight excluding hydrogens is 208 g/mol. The monoisotopic (exact) mass is 226 g/mol. The van der Waals surface area contributed by atoms with E-state index in [-0.39, 0.29) is 22.8 Å². The summed E-state index contributed by atoms with van der Waals surface area (Å²) in [4.78, 5) is 0. The van der Waals surface area contributed by atoms with Gasteiger partial charge in [-0.25, -0.2) is 0 Å². The van der Waals surface area contributed by atoms with Gasteiger partial charge in [0.1, 0.15) is 17.2 Å². The first-order valence-corrected chi connectivity index (χ1v) is 5.26. The molecule has 1 aromatic carbocycles. The molecule has 0 unspecified atom stereocenters. The van der Waals surface area contributed by atoms with Crippen molar-refractivity contribution in [1.29, 1.82) is 0 Å². The molecular formula is C11H18N2O3. The normalized spacial score (nSPS) is 12.6. The quantitative estimate of drug-likeness (QED) is 0.479. The number of benzene rings is 1. The van der Waals surface area contributed by atoms with Crippen LogP contribution >= 0.6 is 0 Å². The molecule has 0 aromatic heterocycles. The van der Waals surface area contributed by atoms with E-state index < -0.39 is 6.04 Å². The average Bonchev–Trinajstić information content (AvgIpc) is 2.16. The van der Waals surface area contributed by atoms with Crippen molar-refractivity contribution >= 4 is 0 Å². The molecule has 0 fully saturated rings. The highest BCUT2D eigenvalue weighted by Crippen LogP contribution is 2.37. The summed E-state index contributed by atoms with van der Waals surface area (Å²) >= 11 is 0. The second kappa shape index (κ2) is 5.58. The lowest BCUT2D eigenvalue weighted by atomic mass is 9.99. The minimum absolute atomic E-state index is 0.183. The van der Waals surface area contributed by atoms with Gasteiger partial charge in [0.2, 0.25) is 0 Å². The maximum Gasteiger partial charge on any atom is 0.127 e. The summed E-state index contributed by atoms with van der Waals surface area (Å²) in [5.74, 6) is -0.552. The molecule has 0 saturated carbocycles. The molecule has 5 heteroatoms. The van der Waals surface area contributed by atoms with Crippen molar-refractivity contribution in [2.75, 3.05) is 6.54 Å². The lowest BCUT2D eigenvalue weighted by Gasteiger charge is -2.15. The number of phenolic OH excluding ortho intramolecular Hbond substituents is 3. The summed E-state index contributed by atoms with van der Waals surface area (Å²) in [7, 11) is 0. The third-order valence-electron chi connectivity index (χ3n) is 2.46. The molecule has 7 N–H and O–H groups in total. The molecule has 1 aromatic rings. The van der Waals surface area contributed by atoms with Crippen molar-refractivity contribution in [3.05, 3.63) is 17.7 Å². The standard InChI is InChI=1S/C11H18N2O3/c12-4-2-1-3-8(13)11-9(15)5-7(14)6-10(11)16/h5-6,8,14-16H,1-4,12-13H2/t8-/m1/s1. The molecule has 1 atom stereocenters. The zero-order valence-electron chi connectivity index (χ0n) is 9.06. The van der Waals surface area contributed by atoms with Crippen molar-refractivity contribution in [2.24, 2.45) is 11.5 Å². The van der Waals surface area contributed by atoms with Gasteiger partial charge in [0.15, 0.2) is 0 Å². The van der Waals surface area contributed by atoms with Crippen LogP contribution in [0.4, 0.5) is 0 Å². The number of aromatic hydroxyl groups is 3. The zero-order chi connectivity index (χ0) is 12.1. The van der Waals surface area contributed by atoms with Crippen LogP contribution in [-0.4, -0.2) is 21.9 Å². The van der Waals surface area contributed by atoms with E-state index in [1.165, 1.54) is 0 Å². The van der Waals surface area contributed by atoms with E-state index in [0.29, 0.717) is 13.0 Å². The first kappa shape index (κ1) is 12.6. The van der Waals surface area contributed by atoms with Crippen LogP contribution in [0.25, 0.3) is 0 Å². The van der Waals surface area contributed by atoms with Gasteiger partial charge in [0.25, 0.3) is 0 Å². The summed E-state index contributed by atoms with van der Waals surface area (Å²) < 4.78 is 0. The molecule has 0 saturated heterocycles. The maximum atomic E-state index is 9.57. The van der Waals surface area contributed by atoms with Gasteiger partial charge in [-0.05, 0) is 19.4 Å². The van der Waals surface area contributed by atoms with E-state index in [9.17, 15) is 10.2 Å². The van der Waals surface area contributed by atoms with Crippen LogP contribution in [0.15, 0.2) is 12.1 Å². The molecule has 0 aliphatic rings. The van der Waals surface area contributed by atoms with Crippen molar-refractivity contribution in [3.63, 3.8) is 0 Å². The second-order valence-corrected chi connectivity index (χ2v) is 3.79. The molecule has 0 aliphatic carbocycles. The van der Waals surface area contributed by atoms with E-state index in [2.05, 4.69) is 0 Å². The molecule has 16 heavy (non-hydrogen) atoms. The van der Waals surface area contributed by atoms with Crippen molar-refractivity contribution in [3.8, 4) is 17.2 Å². The van der Waals surface area contributed by atoms with Crippen LogP contribution in [0, 0.1) is 0 Å². The predicted molar refractivity (Wildman–Crippen MR) is 61.3 cm³/mol.